The van der Waals surface area contributed by atoms with E-state index in [1.807, 2.05) is 12.1 Å². The Morgan fingerprint density at radius 1 is 1.26 bits per heavy atom. The van der Waals surface area contributed by atoms with Crippen LogP contribution in [0.2, 0.25) is 0 Å². The van der Waals surface area contributed by atoms with Crippen molar-refractivity contribution in [1.29, 1.82) is 0 Å². The van der Waals surface area contributed by atoms with E-state index in [0.29, 0.717) is 6.61 Å². The second-order valence-electron chi connectivity index (χ2n) is 6.92. The highest BCUT2D eigenvalue weighted by Gasteiger charge is 2.34. The summed E-state index contributed by atoms with van der Waals surface area (Å²) in [7, 11) is 5.06. The number of aliphatic hydroxyl groups is 1. The average molecular weight is 380 g/mol. The smallest absolute Gasteiger partial charge is 0.190 e. The highest BCUT2D eigenvalue weighted by molar-refractivity contribution is 5.79. The zero-order valence-corrected chi connectivity index (χ0v) is 16.7. The maximum absolute atomic E-state index is 9.32. The number of benzene rings is 1. The molecule has 2 rings (SSSR count). The van der Waals surface area contributed by atoms with Gasteiger partial charge >= 0.3 is 0 Å². The Bertz CT molecular complexity index is 601. The normalized spacial score (nSPS) is 19.8. The number of aliphatic hydroxyl groups excluding tert-OH is 1. The second kappa shape index (κ2) is 11.0. The number of nitrogens with zero attached hydrogens (tertiary/aromatic N) is 1. The number of ether oxygens (including phenoxy) is 3. The van der Waals surface area contributed by atoms with Crippen molar-refractivity contribution < 1.29 is 19.3 Å². The quantitative estimate of drug-likeness (QED) is 0.325. The Morgan fingerprint density at radius 3 is 2.70 bits per heavy atom. The molecule has 1 aromatic rings. The number of aryl methyl sites for hydroxylation is 1. The fourth-order valence-corrected chi connectivity index (χ4v) is 3.34. The summed E-state index contributed by atoms with van der Waals surface area (Å²) in [6.07, 6.45) is 3.63. The van der Waals surface area contributed by atoms with Crippen molar-refractivity contribution in [3.8, 4) is 11.5 Å². The summed E-state index contributed by atoms with van der Waals surface area (Å²) >= 11 is 0. The third-order valence-corrected chi connectivity index (χ3v) is 5.06. The van der Waals surface area contributed by atoms with E-state index in [2.05, 4.69) is 21.7 Å². The molecule has 1 atom stereocenters. The van der Waals surface area contributed by atoms with Gasteiger partial charge in [-0.1, -0.05) is 6.07 Å². The summed E-state index contributed by atoms with van der Waals surface area (Å²) in [4.78, 5) is 4.29. The van der Waals surface area contributed by atoms with Crippen LogP contribution in [0.4, 0.5) is 0 Å². The van der Waals surface area contributed by atoms with E-state index in [0.717, 1.165) is 62.8 Å². The Morgan fingerprint density at radius 2 is 2.07 bits per heavy atom. The maximum Gasteiger partial charge on any atom is 0.190 e. The van der Waals surface area contributed by atoms with Gasteiger partial charge in [-0.25, -0.2) is 0 Å². The third kappa shape index (κ3) is 6.29. The average Bonchev–Trinajstić information content (AvgIpc) is 3.16. The van der Waals surface area contributed by atoms with Crippen molar-refractivity contribution in [2.24, 2.45) is 10.4 Å². The summed E-state index contributed by atoms with van der Waals surface area (Å²) < 4.78 is 16.2. The Labute approximate surface area is 162 Å². The third-order valence-electron chi connectivity index (χ3n) is 5.06. The highest BCUT2D eigenvalue weighted by Crippen LogP contribution is 2.31. The lowest BCUT2D eigenvalue weighted by Crippen LogP contribution is -2.44. The molecule has 7 heteroatoms. The summed E-state index contributed by atoms with van der Waals surface area (Å²) in [5.74, 6) is 2.29. The van der Waals surface area contributed by atoms with Crippen LogP contribution in [0.5, 0.6) is 11.5 Å². The Kier molecular flexibility index (Phi) is 8.67. The molecule has 0 aliphatic carbocycles. The maximum atomic E-state index is 9.32. The lowest BCUT2D eigenvalue weighted by Gasteiger charge is -2.27. The van der Waals surface area contributed by atoms with E-state index < -0.39 is 0 Å². The first-order valence-corrected chi connectivity index (χ1v) is 9.50. The fraction of sp³-hybridized carbons (Fsp3) is 0.650. The van der Waals surface area contributed by atoms with Gasteiger partial charge in [-0.2, -0.15) is 0 Å². The van der Waals surface area contributed by atoms with E-state index in [-0.39, 0.29) is 12.0 Å². The van der Waals surface area contributed by atoms with Crippen molar-refractivity contribution >= 4 is 5.96 Å². The number of hydrogen-bond donors (Lipinski definition) is 3. The number of hydrogen-bond acceptors (Lipinski definition) is 5. The van der Waals surface area contributed by atoms with Crippen molar-refractivity contribution in [1.82, 2.24) is 10.6 Å². The van der Waals surface area contributed by atoms with E-state index in [4.69, 9.17) is 14.2 Å². The van der Waals surface area contributed by atoms with Crippen LogP contribution >= 0.6 is 0 Å². The van der Waals surface area contributed by atoms with Crippen LogP contribution < -0.4 is 20.1 Å². The molecule has 1 heterocycles. The molecule has 1 fully saturated rings. The van der Waals surface area contributed by atoms with Crippen LogP contribution in [0.3, 0.4) is 0 Å². The number of methoxy groups -OCH3 is 2. The molecule has 1 unspecified atom stereocenters. The van der Waals surface area contributed by atoms with Crippen LogP contribution in [0.25, 0.3) is 0 Å². The van der Waals surface area contributed by atoms with Gasteiger partial charge in [-0.3, -0.25) is 4.99 Å². The SMILES string of the molecule is CN=C(NCCCc1ccc(OC)c(OC)c1)NCC1(CCO)CCOC1. The molecular weight excluding hydrogens is 346 g/mol. The molecule has 3 N–H and O–H groups in total. The topological polar surface area (TPSA) is 84.3 Å². The lowest BCUT2D eigenvalue weighted by atomic mass is 9.84. The number of guanidine groups is 1. The first-order chi connectivity index (χ1) is 13.2. The van der Waals surface area contributed by atoms with Crippen LogP contribution in [0.1, 0.15) is 24.8 Å². The molecule has 0 bridgehead atoms. The van der Waals surface area contributed by atoms with Gasteiger partial charge in [-0.15, -0.1) is 0 Å². The molecule has 1 aliphatic heterocycles. The minimum Gasteiger partial charge on any atom is -0.493 e. The van der Waals surface area contributed by atoms with Crippen molar-refractivity contribution in [2.45, 2.75) is 25.7 Å². The van der Waals surface area contributed by atoms with Crippen molar-refractivity contribution in [3.05, 3.63) is 23.8 Å². The predicted molar refractivity (Wildman–Crippen MR) is 107 cm³/mol. The van der Waals surface area contributed by atoms with E-state index >= 15 is 0 Å². The van der Waals surface area contributed by atoms with Gasteiger partial charge in [0.1, 0.15) is 0 Å². The van der Waals surface area contributed by atoms with Gasteiger partial charge in [0, 0.05) is 38.8 Å². The first-order valence-electron chi connectivity index (χ1n) is 9.50. The van der Waals surface area contributed by atoms with Crippen LogP contribution in [-0.2, 0) is 11.2 Å². The molecule has 0 radical (unpaired) electrons. The number of aliphatic imine (C=N–C) groups is 1. The molecule has 27 heavy (non-hydrogen) atoms. The van der Waals surface area contributed by atoms with E-state index in [1.165, 1.54) is 5.56 Å². The largest absolute Gasteiger partial charge is 0.493 e. The monoisotopic (exact) mass is 379 g/mol. The number of nitrogens with one attached hydrogen (secondary N) is 2. The molecule has 1 saturated heterocycles. The van der Waals surface area contributed by atoms with E-state index in [9.17, 15) is 5.11 Å². The summed E-state index contributed by atoms with van der Waals surface area (Å²) in [6.45, 7) is 3.21. The van der Waals surface area contributed by atoms with Crippen molar-refractivity contribution in [3.63, 3.8) is 0 Å². The number of rotatable bonds is 10. The summed E-state index contributed by atoms with van der Waals surface area (Å²) in [6, 6.07) is 6.02. The van der Waals surface area contributed by atoms with Crippen LogP contribution in [0, 0.1) is 5.41 Å². The summed E-state index contributed by atoms with van der Waals surface area (Å²) in [5.41, 5.74) is 1.22. The minimum absolute atomic E-state index is 0.00597. The highest BCUT2D eigenvalue weighted by atomic mass is 16.5. The van der Waals surface area contributed by atoms with Gasteiger partial charge in [0.25, 0.3) is 0 Å². The van der Waals surface area contributed by atoms with Gasteiger partial charge in [0.15, 0.2) is 17.5 Å². The predicted octanol–water partition coefficient (Wildman–Crippen LogP) is 1.59. The van der Waals surface area contributed by atoms with Gasteiger partial charge in [-0.05, 0) is 43.4 Å². The summed E-state index contributed by atoms with van der Waals surface area (Å²) in [5, 5.41) is 16.1. The molecule has 152 valence electrons. The Balaban J connectivity index is 1.75. The zero-order valence-electron chi connectivity index (χ0n) is 16.7. The molecule has 1 aromatic carbocycles. The van der Waals surface area contributed by atoms with Gasteiger partial charge in [0.05, 0.1) is 20.8 Å². The fourth-order valence-electron chi connectivity index (χ4n) is 3.34. The van der Waals surface area contributed by atoms with Gasteiger partial charge < -0.3 is 30.0 Å². The Hall–Kier alpha value is -1.99. The zero-order chi connectivity index (χ0) is 19.5. The minimum atomic E-state index is 0.00597. The second-order valence-corrected chi connectivity index (χ2v) is 6.92. The molecule has 0 amide bonds. The molecule has 0 saturated carbocycles. The lowest BCUT2D eigenvalue weighted by molar-refractivity contribution is 0.127. The molecule has 0 aromatic heterocycles. The van der Waals surface area contributed by atoms with Crippen molar-refractivity contribution in [2.75, 3.05) is 54.2 Å². The van der Waals surface area contributed by atoms with E-state index in [1.54, 1.807) is 21.3 Å². The van der Waals surface area contributed by atoms with Crippen LogP contribution in [0.15, 0.2) is 23.2 Å². The molecule has 7 nitrogen and oxygen atoms in total. The van der Waals surface area contributed by atoms with Crippen LogP contribution in [-0.4, -0.2) is 65.2 Å². The van der Waals surface area contributed by atoms with Gasteiger partial charge in [0.2, 0.25) is 0 Å². The standard InChI is InChI=1S/C20H33N3O4/c1-21-19(23-14-20(8-11-24)9-12-27-15-20)22-10-4-5-16-6-7-17(25-2)18(13-16)26-3/h6-7,13,24H,4-5,8-12,14-15H2,1-3H3,(H2,21,22,23). The first kappa shape index (κ1) is 21.3. The molecular formula is C20H33N3O4. The molecule has 0 spiro atoms. The molecule has 1 aliphatic rings.